The van der Waals surface area contributed by atoms with E-state index in [0.717, 1.165) is 6.07 Å². The van der Waals surface area contributed by atoms with E-state index < -0.39 is 17.5 Å². The van der Waals surface area contributed by atoms with Crippen molar-refractivity contribution in [2.45, 2.75) is 32.0 Å². The Bertz CT molecular complexity index is 897. The molecule has 6 nitrogen and oxygen atoms in total. The number of carbonyl (C=O) groups excluding carboxylic acids is 1. The van der Waals surface area contributed by atoms with Crippen LogP contribution in [-0.4, -0.2) is 37.9 Å². The summed E-state index contributed by atoms with van der Waals surface area (Å²) in [6, 6.07) is 6.92. The third kappa shape index (κ3) is 3.36. The zero-order valence-electron chi connectivity index (χ0n) is 14.4. The van der Waals surface area contributed by atoms with Crippen LogP contribution in [0.5, 0.6) is 23.0 Å². The molecule has 0 saturated heterocycles. The Hall–Kier alpha value is -2.99. The lowest BCUT2D eigenvalue weighted by molar-refractivity contribution is -0.0425. The van der Waals surface area contributed by atoms with Crippen molar-refractivity contribution < 1.29 is 30.0 Å². The monoisotopic (exact) mass is 356 g/mol. The second kappa shape index (κ2) is 6.38. The summed E-state index contributed by atoms with van der Waals surface area (Å²) in [5.41, 5.74) is 0.468. The van der Waals surface area contributed by atoms with E-state index >= 15 is 0 Å². The number of allylic oxidation sites excluding steroid dienone is 1. The fraction of sp³-hybridized carbons (Fsp3) is 0.250. The maximum atomic E-state index is 12.2. The largest absolute Gasteiger partial charge is 0.508 e. The number of hydrogen-bond acceptors (Lipinski definition) is 6. The molecule has 0 unspecified atom stereocenters. The number of phenolic OH excluding ortho intramolecular Hbond substituents is 3. The molecular formula is C20H20O6. The second-order valence-electron chi connectivity index (χ2n) is 6.85. The molecule has 136 valence electrons. The molecule has 2 aromatic carbocycles. The molecule has 1 aliphatic heterocycles. The van der Waals surface area contributed by atoms with Crippen LogP contribution in [0.15, 0.2) is 36.4 Å². The number of ether oxygens (including phenoxy) is 1. The van der Waals surface area contributed by atoms with Gasteiger partial charge in [0, 0.05) is 18.1 Å². The summed E-state index contributed by atoms with van der Waals surface area (Å²) in [7, 11) is 0. The van der Waals surface area contributed by atoms with Gasteiger partial charge in [-0.1, -0.05) is 6.08 Å². The normalized spacial score (nSPS) is 18.3. The van der Waals surface area contributed by atoms with Crippen LogP contribution in [0.1, 0.15) is 35.3 Å². The molecule has 1 heterocycles. The summed E-state index contributed by atoms with van der Waals surface area (Å²) < 4.78 is 5.69. The lowest BCUT2D eigenvalue weighted by Crippen LogP contribution is -2.46. The Morgan fingerprint density at radius 3 is 2.58 bits per heavy atom. The van der Waals surface area contributed by atoms with Crippen LogP contribution >= 0.6 is 0 Å². The summed E-state index contributed by atoms with van der Waals surface area (Å²) in [4.78, 5) is 12.2. The Kier molecular flexibility index (Phi) is 4.38. The SMILES string of the molecule is CC1(C)Oc2c(O)cc(C=CC(=O)c3ccc(O)cc3O)cc2C[C@@H]1O. The average Bonchev–Trinajstić information content (AvgIpc) is 2.54. The van der Waals surface area contributed by atoms with E-state index in [4.69, 9.17) is 4.74 Å². The zero-order valence-corrected chi connectivity index (χ0v) is 14.4. The van der Waals surface area contributed by atoms with Crippen molar-refractivity contribution >= 4 is 11.9 Å². The van der Waals surface area contributed by atoms with E-state index in [0.29, 0.717) is 23.3 Å². The van der Waals surface area contributed by atoms with Gasteiger partial charge in [0.2, 0.25) is 0 Å². The molecule has 0 aromatic heterocycles. The van der Waals surface area contributed by atoms with Gasteiger partial charge in [0.25, 0.3) is 0 Å². The summed E-state index contributed by atoms with van der Waals surface area (Å²) in [5.74, 6) is -0.630. The van der Waals surface area contributed by atoms with E-state index in [1.54, 1.807) is 19.9 Å². The van der Waals surface area contributed by atoms with Crippen molar-refractivity contribution in [3.05, 3.63) is 53.1 Å². The Labute approximate surface area is 150 Å². The maximum absolute atomic E-state index is 12.2. The fourth-order valence-corrected chi connectivity index (χ4v) is 2.84. The zero-order chi connectivity index (χ0) is 19.1. The Balaban J connectivity index is 1.87. The second-order valence-corrected chi connectivity index (χ2v) is 6.85. The number of phenols is 3. The van der Waals surface area contributed by atoms with Crippen molar-refractivity contribution in [3.63, 3.8) is 0 Å². The average molecular weight is 356 g/mol. The topological polar surface area (TPSA) is 107 Å². The Morgan fingerprint density at radius 2 is 1.88 bits per heavy atom. The van der Waals surface area contributed by atoms with Crippen LogP contribution in [0, 0.1) is 0 Å². The standard InChI is InChI=1S/C20H20O6/c1-20(2)18(25)9-12-7-11(8-17(24)19(12)26-20)3-6-15(22)14-5-4-13(21)10-16(14)23/h3-8,10,18,21,23-25H,9H2,1-2H3/t18-/m0/s1. The van der Waals surface area contributed by atoms with E-state index in [2.05, 4.69) is 0 Å². The van der Waals surface area contributed by atoms with Crippen LogP contribution in [0.3, 0.4) is 0 Å². The molecule has 0 fully saturated rings. The predicted molar refractivity (Wildman–Crippen MR) is 95.7 cm³/mol. The molecule has 3 rings (SSSR count). The van der Waals surface area contributed by atoms with Crippen molar-refractivity contribution in [1.82, 2.24) is 0 Å². The molecule has 0 aliphatic carbocycles. The number of ketones is 1. The van der Waals surface area contributed by atoms with Crippen LogP contribution < -0.4 is 4.74 Å². The minimum atomic E-state index is -0.797. The number of rotatable bonds is 3. The molecule has 1 atom stereocenters. The molecule has 0 spiro atoms. The van der Waals surface area contributed by atoms with E-state index in [1.165, 1.54) is 30.4 Å². The summed E-state index contributed by atoms with van der Waals surface area (Å²) in [6.07, 6.45) is 2.37. The smallest absolute Gasteiger partial charge is 0.189 e. The molecule has 2 aromatic rings. The third-order valence-electron chi connectivity index (χ3n) is 4.42. The first-order valence-electron chi connectivity index (χ1n) is 8.15. The molecule has 0 bridgehead atoms. The molecule has 0 amide bonds. The van der Waals surface area contributed by atoms with Gasteiger partial charge in [-0.25, -0.2) is 0 Å². The highest BCUT2D eigenvalue weighted by molar-refractivity contribution is 6.08. The lowest BCUT2D eigenvalue weighted by Gasteiger charge is -2.37. The fourth-order valence-electron chi connectivity index (χ4n) is 2.84. The van der Waals surface area contributed by atoms with Crippen molar-refractivity contribution in [3.8, 4) is 23.0 Å². The number of benzene rings is 2. The molecule has 26 heavy (non-hydrogen) atoms. The number of aliphatic hydroxyl groups excluding tert-OH is 1. The molecular weight excluding hydrogens is 336 g/mol. The molecule has 0 saturated carbocycles. The molecule has 0 radical (unpaired) electrons. The van der Waals surface area contributed by atoms with Crippen LogP contribution in [0.2, 0.25) is 0 Å². The molecule has 6 heteroatoms. The Morgan fingerprint density at radius 1 is 1.15 bits per heavy atom. The maximum Gasteiger partial charge on any atom is 0.189 e. The number of aromatic hydroxyl groups is 3. The first-order valence-corrected chi connectivity index (χ1v) is 8.15. The predicted octanol–water partition coefficient (Wildman–Crippen LogP) is 2.77. The van der Waals surface area contributed by atoms with Crippen LogP contribution in [0.4, 0.5) is 0 Å². The first kappa shape index (κ1) is 17.8. The van der Waals surface area contributed by atoms with Gasteiger partial charge >= 0.3 is 0 Å². The molecule has 4 N–H and O–H groups in total. The van der Waals surface area contributed by atoms with Crippen molar-refractivity contribution in [1.29, 1.82) is 0 Å². The van der Waals surface area contributed by atoms with Gasteiger partial charge in [0.1, 0.15) is 17.1 Å². The number of hydrogen-bond donors (Lipinski definition) is 4. The third-order valence-corrected chi connectivity index (χ3v) is 4.42. The van der Waals surface area contributed by atoms with E-state index in [-0.39, 0.29) is 22.8 Å². The van der Waals surface area contributed by atoms with Crippen molar-refractivity contribution in [2.75, 3.05) is 0 Å². The van der Waals surface area contributed by atoms with Gasteiger partial charge in [-0.2, -0.15) is 0 Å². The highest BCUT2D eigenvalue weighted by Crippen LogP contribution is 2.40. The summed E-state index contributed by atoms with van der Waals surface area (Å²) in [5, 5.41) is 39.4. The van der Waals surface area contributed by atoms with Crippen LogP contribution in [0.25, 0.3) is 6.08 Å². The van der Waals surface area contributed by atoms with Gasteiger partial charge in [0.05, 0.1) is 11.7 Å². The summed E-state index contributed by atoms with van der Waals surface area (Å²) in [6.45, 7) is 3.49. The minimum Gasteiger partial charge on any atom is -0.508 e. The van der Waals surface area contributed by atoms with Crippen LogP contribution in [-0.2, 0) is 6.42 Å². The van der Waals surface area contributed by atoms with E-state index in [1.807, 2.05) is 0 Å². The van der Waals surface area contributed by atoms with Gasteiger partial charge in [0.15, 0.2) is 17.3 Å². The van der Waals surface area contributed by atoms with Gasteiger partial charge in [-0.05, 0) is 49.8 Å². The van der Waals surface area contributed by atoms with Crippen molar-refractivity contribution in [2.24, 2.45) is 0 Å². The number of fused-ring (bicyclic) bond motifs is 1. The quantitative estimate of drug-likeness (QED) is 0.498. The summed E-state index contributed by atoms with van der Waals surface area (Å²) >= 11 is 0. The van der Waals surface area contributed by atoms with E-state index in [9.17, 15) is 25.2 Å². The first-order chi connectivity index (χ1) is 12.2. The minimum absolute atomic E-state index is 0.0572. The number of aliphatic hydroxyl groups is 1. The highest BCUT2D eigenvalue weighted by atomic mass is 16.5. The lowest BCUT2D eigenvalue weighted by atomic mass is 9.90. The highest BCUT2D eigenvalue weighted by Gasteiger charge is 2.37. The van der Waals surface area contributed by atoms with Gasteiger partial charge < -0.3 is 25.2 Å². The molecule has 1 aliphatic rings. The number of carbonyl (C=O) groups is 1. The van der Waals surface area contributed by atoms with Gasteiger partial charge in [-0.3, -0.25) is 4.79 Å². The van der Waals surface area contributed by atoms with Gasteiger partial charge in [-0.15, -0.1) is 0 Å².